The fourth-order valence-electron chi connectivity index (χ4n) is 1.83. The summed E-state index contributed by atoms with van der Waals surface area (Å²) in [5, 5.41) is 8.99. The van der Waals surface area contributed by atoms with E-state index in [1.165, 1.54) is 5.56 Å². The van der Waals surface area contributed by atoms with Gasteiger partial charge in [-0.3, -0.25) is 0 Å². The summed E-state index contributed by atoms with van der Waals surface area (Å²) in [5.41, 5.74) is 2.37. The van der Waals surface area contributed by atoms with E-state index < -0.39 is 5.97 Å². The lowest BCUT2D eigenvalue weighted by molar-refractivity contribution is 0.0697. The van der Waals surface area contributed by atoms with Gasteiger partial charge in [-0.05, 0) is 35.9 Å². The Bertz CT molecular complexity index is 581. The molecule has 0 radical (unpaired) electrons. The van der Waals surface area contributed by atoms with Gasteiger partial charge in [-0.15, -0.1) is 0 Å². The maximum atomic E-state index is 10.9. The number of anilines is 1. The summed E-state index contributed by atoms with van der Waals surface area (Å²) < 4.78 is 1.05. The quantitative estimate of drug-likeness (QED) is 0.932. The molecule has 0 aliphatic heterocycles. The zero-order chi connectivity index (χ0) is 13.8. The Hall–Kier alpha value is -1.81. The highest BCUT2D eigenvalue weighted by atomic mass is 79.9. The van der Waals surface area contributed by atoms with Gasteiger partial charge < -0.3 is 10.0 Å². The maximum absolute atomic E-state index is 10.9. The zero-order valence-corrected chi connectivity index (χ0v) is 12.1. The smallest absolute Gasteiger partial charge is 0.335 e. The fraction of sp³-hybridized carbons (Fsp3) is 0.133. The molecule has 2 rings (SSSR count). The van der Waals surface area contributed by atoms with Crippen molar-refractivity contribution in [1.29, 1.82) is 0 Å². The van der Waals surface area contributed by atoms with Crippen LogP contribution in [-0.4, -0.2) is 18.1 Å². The van der Waals surface area contributed by atoms with E-state index in [9.17, 15) is 4.79 Å². The summed E-state index contributed by atoms with van der Waals surface area (Å²) in [6, 6.07) is 15.0. The van der Waals surface area contributed by atoms with Gasteiger partial charge in [0, 0.05) is 23.8 Å². The molecule has 0 amide bonds. The molecule has 4 heteroatoms. The first kappa shape index (κ1) is 13.6. The first-order valence-corrected chi connectivity index (χ1v) is 6.64. The number of carboxylic acid groups (broad SMARTS) is 1. The van der Waals surface area contributed by atoms with Crippen LogP contribution < -0.4 is 4.90 Å². The van der Waals surface area contributed by atoms with Crippen molar-refractivity contribution in [3.05, 3.63) is 64.1 Å². The number of aromatic carboxylic acids is 1. The molecule has 19 heavy (non-hydrogen) atoms. The van der Waals surface area contributed by atoms with Gasteiger partial charge in [0.25, 0.3) is 0 Å². The van der Waals surface area contributed by atoms with Crippen LogP contribution in [0.4, 0.5) is 5.69 Å². The van der Waals surface area contributed by atoms with Crippen molar-refractivity contribution in [3.8, 4) is 0 Å². The number of benzene rings is 2. The lowest BCUT2D eigenvalue weighted by atomic mass is 10.1. The van der Waals surface area contributed by atoms with Gasteiger partial charge in [-0.1, -0.05) is 34.1 Å². The van der Waals surface area contributed by atoms with E-state index in [4.69, 9.17) is 5.11 Å². The van der Waals surface area contributed by atoms with Gasteiger partial charge in [0.05, 0.1) is 5.56 Å². The highest BCUT2D eigenvalue weighted by Gasteiger charge is 2.06. The van der Waals surface area contributed by atoms with Crippen LogP contribution in [0.15, 0.2) is 53.0 Å². The van der Waals surface area contributed by atoms with Crippen LogP contribution in [-0.2, 0) is 6.54 Å². The SMILES string of the molecule is CN(Cc1ccc(Br)cc1)c1cccc(C(=O)O)c1. The predicted octanol–water partition coefficient (Wildman–Crippen LogP) is 3.78. The number of rotatable bonds is 4. The molecule has 0 aromatic heterocycles. The Balaban J connectivity index is 2.15. The molecule has 0 spiro atoms. The molecule has 0 aliphatic rings. The summed E-state index contributed by atoms with van der Waals surface area (Å²) in [4.78, 5) is 13.0. The van der Waals surface area contributed by atoms with E-state index in [0.29, 0.717) is 5.56 Å². The molecule has 2 aromatic rings. The first-order chi connectivity index (χ1) is 9.06. The Labute approximate surface area is 120 Å². The number of carbonyl (C=O) groups is 1. The third-order valence-electron chi connectivity index (χ3n) is 2.87. The van der Waals surface area contributed by atoms with E-state index in [0.717, 1.165) is 16.7 Å². The summed E-state index contributed by atoms with van der Waals surface area (Å²) in [6.07, 6.45) is 0. The fourth-order valence-corrected chi connectivity index (χ4v) is 2.10. The minimum atomic E-state index is -0.904. The van der Waals surface area contributed by atoms with E-state index >= 15 is 0 Å². The van der Waals surface area contributed by atoms with E-state index in [1.807, 2.05) is 42.3 Å². The van der Waals surface area contributed by atoms with Crippen LogP contribution in [0.2, 0.25) is 0 Å². The first-order valence-electron chi connectivity index (χ1n) is 5.85. The second-order valence-corrected chi connectivity index (χ2v) is 5.25. The Kier molecular flexibility index (Phi) is 4.22. The lowest BCUT2D eigenvalue weighted by Crippen LogP contribution is -2.16. The third-order valence-corrected chi connectivity index (χ3v) is 3.40. The Morgan fingerprint density at radius 3 is 2.53 bits per heavy atom. The topological polar surface area (TPSA) is 40.5 Å². The minimum absolute atomic E-state index is 0.306. The van der Waals surface area contributed by atoms with Crippen molar-refractivity contribution >= 4 is 27.6 Å². The molecule has 2 aromatic carbocycles. The molecule has 98 valence electrons. The zero-order valence-electron chi connectivity index (χ0n) is 10.5. The average Bonchev–Trinajstić information content (AvgIpc) is 2.41. The number of halogens is 1. The van der Waals surface area contributed by atoms with Crippen molar-refractivity contribution in [2.75, 3.05) is 11.9 Å². The Morgan fingerprint density at radius 2 is 1.89 bits per heavy atom. The monoisotopic (exact) mass is 319 g/mol. The molecular weight excluding hydrogens is 306 g/mol. The van der Waals surface area contributed by atoms with Crippen LogP contribution in [0, 0.1) is 0 Å². The van der Waals surface area contributed by atoms with E-state index in [2.05, 4.69) is 15.9 Å². The van der Waals surface area contributed by atoms with Crippen molar-refractivity contribution in [3.63, 3.8) is 0 Å². The third kappa shape index (κ3) is 3.58. The molecule has 0 saturated carbocycles. The summed E-state index contributed by atoms with van der Waals surface area (Å²) in [6.45, 7) is 0.732. The number of carboxylic acids is 1. The molecular formula is C15H14BrNO2. The molecule has 0 unspecified atom stereocenters. The molecule has 0 fully saturated rings. The van der Waals surface area contributed by atoms with Crippen molar-refractivity contribution < 1.29 is 9.90 Å². The van der Waals surface area contributed by atoms with Crippen LogP contribution in [0.25, 0.3) is 0 Å². The van der Waals surface area contributed by atoms with Gasteiger partial charge in [-0.2, -0.15) is 0 Å². The van der Waals surface area contributed by atoms with Crippen molar-refractivity contribution in [1.82, 2.24) is 0 Å². The summed E-state index contributed by atoms with van der Waals surface area (Å²) >= 11 is 3.40. The van der Waals surface area contributed by atoms with Gasteiger partial charge in [0.15, 0.2) is 0 Å². The van der Waals surface area contributed by atoms with E-state index in [1.54, 1.807) is 18.2 Å². The Morgan fingerprint density at radius 1 is 1.21 bits per heavy atom. The molecule has 3 nitrogen and oxygen atoms in total. The number of hydrogen-bond acceptors (Lipinski definition) is 2. The molecule has 1 N–H and O–H groups in total. The highest BCUT2D eigenvalue weighted by molar-refractivity contribution is 9.10. The minimum Gasteiger partial charge on any atom is -0.478 e. The predicted molar refractivity (Wildman–Crippen MR) is 79.7 cm³/mol. The largest absolute Gasteiger partial charge is 0.478 e. The summed E-state index contributed by atoms with van der Waals surface area (Å²) in [7, 11) is 1.95. The van der Waals surface area contributed by atoms with Gasteiger partial charge in [0.2, 0.25) is 0 Å². The second kappa shape index (κ2) is 5.89. The van der Waals surface area contributed by atoms with Gasteiger partial charge in [-0.25, -0.2) is 4.79 Å². The molecule has 0 atom stereocenters. The maximum Gasteiger partial charge on any atom is 0.335 e. The second-order valence-electron chi connectivity index (χ2n) is 4.34. The van der Waals surface area contributed by atoms with Crippen LogP contribution in [0.1, 0.15) is 15.9 Å². The van der Waals surface area contributed by atoms with Crippen LogP contribution >= 0.6 is 15.9 Å². The highest BCUT2D eigenvalue weighted by Crippen LogP contribution is 2.18. The van der Waals surface area contributed by atoms with Crippen molar-refractivity contribution in [2.24, 2.45) is 0 Å². The average molecular weight is 320 g/mol. The van der Waals surface area contributed by atoms with E-state index in [-0.39, 0.29) is 0 Å². The molecule has 0 saturated heterocycles. The number of nitrogens with zero attached hydrogens (tertiary/aromatic N) is 1. The molecule has 0 aliphatic carbocycles. The normalized spacial score (nSPS) is 10.2. The molecule has 0 heterocycles. The lowest BCUT2D eigenvalue weighted by Gasteiger charge is -2.19. The summed E-state index contributed by atoms with van der Waals surface area (Å²) in [5.74, 6) is -0.904. The molecule has 0 bridgehead atoms. The van der Waals surface area contributed by atoms with Crippen LogP contribution in [0.3, 0.4) is 0 Å². The van der Waals surface area contributed by atoms with Crippen LogP contribution in [0.5, 0.6) is 0 Å². The van der Waals surface area contributed by atoms with Crippen molar-refractivity contribution in [2.45, 2.75) is 6.54 Å². The number of hydrogen-bond donors (Lipinski definition) is 1. The van der Waals surface area contributed by atoms with Gasteiger partial charge in [0.1, 0.15) is 0 Å². The van der Waals surface area contributed by atoms with Gasteiger partial charge >= 0.3 is 5.97 Å². The standard InChI is InChI=1S/C15H14BrNO2/c1-17(10-11-5-7-13(16)8-6-11)14-4-2-3-12(9-14)15(18)19/h2-9H,10H2,1H3,(H,18,19).